The molecule has 2 rings (SSSR count). The summed E-state index contributed by atoms with van der Waals surface area (Å²) in [4.78, 5) is 4.35. The van der Waals surface area contributed by atoms with Gasteiger partial charge in [0, 0.05) is 22.3 Å². The first-order valence-corrected chi connectivity index (χ1v) is 5.86. The molecule has 0 spiro atoms. The summed E-state index contributed by atoms with van der Waals surface area (Å²) >= 11 is 3.36. The molecular formula is C11H14BrNO. The standard InChI is InChI=1S/C11H14BrNO/c12-8-5-6-10(13-7-8)9-3-1-2-4-11(9)14/h5-7,9,11,14H,1-4H2/t9-,11-/m1/s1. The number of halogens is 1. The number of hydrogen-bond donors (Lipinski definition) is 1. The van der Waals surface area contributed by atoms with Crippen molar-refractivity contribution >= 4 is 15.9 Å². The van der Waals surface area contributed by atoms with Crippen LogP contribution in [0.25, 0.3) is 0 Å². The van der Waals surface area contributed by atoms with Crippen molar-refractivity contribution in [1.29, 1.82) is 0 Å². The molecule has 1 N–H and O–H groups in total. The molecule has 0 unspecified atom stereocenters. The largest absolute Gasteiger partial charge is 0.392 e. The number of hydrogen-bond acceptors (Lipinski definition) is 2. The summed E-state index contributed by atoms with van der Waals surface area (Å²) in [5, 5.41) is 9.84. The van der Waals surface area contributed by atoms with Gasteiger partial charge in [-0.1, -0.05) is 12.8 Å². The molecule has 76 valence electrons. The molecule has 0 aromatic carbocycles. The number of aromatic nitrogens is 1. The van der Waals surface area contributed by atoms with E-state index in [1.807, 2.05) is 12.1 Å². The summed E-state index contributed by atoms with van der Waals surface area (Å²) in [6.07, 6.45) is 5.94. The van der Waals surface area contributed by atoms with Gasteiger partial charge in [-0.3, -0.25) is 4.98 Å². The van der Waals surface area contributed by atoms with Crippen molar-refractivity contribution in [3.05, 3.63) is 28.5 Å². The molecule has 0 bridgehead atoms. The predicted octanol–water partition coefficient (Wildman–Crippen LogP) is 2.86. The van der Waals surface area contributed by atoms with Gasteiger partial charge in [-0.2, -0.15) is 0 Å². The number of nitrogens with zero attached hydrogens (tertiary/aromatic N) is 1. The van der Waals surface area contributed by atoms with Gasteiger partial charge < -0.3 is 5.11 Å². The molecule has 1 aliphatic rings. The van der Waals surface area contributed by atoms with Crippen LogP contribution in [0.2, 0.25) is 0 Å². The fourth-order valence-electron chi connectivity index (χ4n) is 2.06. The van der Waals surface area contributed by atoms with Gasteiger partial charge >= 0.3 is 0 Å². The molecule has 1 saturated carbocycles. The summed E-state index contributed by atoms with van der Waals surface area (Å²) < 4.78 is 0.992. The van der Waals surface area contributed by atoms with E-state index < -0.39 is 0 Å². The van der Waals surface area contributed by atoms with E-state index in [0.29, 0.717) is 0 Å². The summed E-state index contributed by atoms with van der Waals surface area (Å²) in [6.45, 7) is 0. The lowest BCUT2D eigenvalue weighted by atomic mass is 9.84. The van der Waals surface area contributed by atoms with Crippen LogP contribution in [-0.4, -0.2) is 16.2 Å². The van der Waals surface area contributed by atoms with E-state index in [2.05, 4.69) is 20.9 Å². The highest BCUT2D eigenvalue weighted by Crippen LogP contribution is 2.32. The lowest BCUT2D eigenvalue weighted by Crippen LogP contribution is -2.23. The van der Waals surface area contributed by atoms with Crippen molar-refractivity contribution in [2.24, 2.45) is 0 Å². The number of pyridine rings is 1. The van der Waals surface area contributed by atoms with Gasteiger partial charge in [0.2, 0.25) is 0 Å². The predicted molar refractivity (Wildman–Crippen MR) is 59.2 cm³/mol. The quantitative estimate of drug-likeness (QED) is 0.838. The van der Waals surface area contributed by atoms with E-state index in [0.717, 1.165) is 29.4 Å². The van der Waals surface area contributed by atoms with E-state index in [1.54, 1.807) is 6.20 Å². The van der Waals surface area contributed by atoms with Gasteiger partial charge in [0.1, 0.15) is 0 Å². The molecule has 1 aliphatic carbocycles. The van der Waals surface area contributed by atoms with Crippen molar-refractivity contribution in [2.45, 2.75) is 37.7 Å². The van der Waals surface area contributed by atoms with Crippen LogP contribution >= 0.6 is 15.9 Å². The number of aliphatic hydroxyl groups is 1. The first-order chi connectivity index (χ1) is 6.77. The highest BCUT2D eigenvalue weighted by molar-refractivity contribution is 9.10. The molecule has 1 fully saturated rings. The van der Waals surface area contributed by atoms with Gasteiger partial charge in [0.05, 0.1) is 6.10 Å². The lowest BCUT2D eigenvalue weighted by Gasteiger charge is -2.26. The highest BCUT2D eigenvalue weighted by Gasteiger charge is 2.25. The molecule has 3 heteroatoms. The minimum absolute atomic E-state index is 0.197. The average molecular weight is 256 g/mol. The summed E-state index contributed by atoms with van der Waals surface area (Å²) in [5.41, 5.74) is 1.03. The zero-order valence-corrected chi connectivity index (χ0v) is 9.57. The minimum atomic E-state index is -0.197. The summed E-state index contributed by atoms with van der Waals surface area (Å²) in [7, 11) is 0. The average Bonchev–Trinajstić information content (AvgIpc) is 2.20. The maximum Gasteiger partial charge on any atom is 0.0623 e. The maximum absolute atomic E-state index is 9.84. The van der Waals surface area contributed by atoms with E-state index in [4.69, 9.17) is 0 Å². The Morgan fingerprint density at radius 1 is 1.29 bits per heavy atom. The van der Waals surface area contributed by atoms with Gasteiger partial charge in [-0.15, -0.1) is 0 Å². The van der Waals surface area contributed by atoms with Gasteiger partial charge in [-0.25, -0.2) is 0 Å². The Kier molecular flexibility index (Phi) is 3.19. The van der Waals surface area contributed by atoms with Crippen molar-refractivity contribution < 1.29 is 5.11 Å². The molecule has 14 heavy (non-hydrogen) atoms. The number of rotatable bonds is 1. The third-order valence-electron chi connectivity index (χ3n) is 2.86. The monoisotopic (exact) mass is 255 g/mol. The fraction of sp³-hybridized carbons (Fsp3) is 0.545. The van der Waals surface area contributed by atoms with Gasteiger partial charge in [0.15, 0.2) is 0 Å². The van der Waals surface area contributed by atoms with Crippen LogP contribution in [0, 0.1) is 0 Å². The fourth-order valence-corrected chi connectivity index (χ4v) is 2.30. The molecule has 2 nitrogen and oxygen atoms in total. The second kappa shape index (κ2) is 4.41. The third kappa shape index (κ3) is 2.15. The van der Waals surface area contributed by atoms with Crippen LogP contribution in [0.1, 0.15) is 37.3 Å². The Labute approximate surface area is 92.5 Å². The zero-order valence-electron chi connectivity index (χ0n) is 7.99. The van der Waals surface area contributed by atoms with Crippen molar-refractivity contribution in [3.8, 4) is 0 Å². The Bertz CT molecular complexity index is 299. The molecule has 0 saturated heterocycles. The van der Waals surface area contributed by atoms with E-state index in [9.17, 15) is 5.11 Å². The molecule has 1 aromatic heterocycles. The van der Waals surface area contributed by atoms with Crippen LogP contribution in [0.5, 0.6) is 0 Å². The van der Waals surface area contributed by atoms with E-state index in [-0.39, 0.29) is 12.0 Å². The lowest BCUT2D eigenvalue weighted by molar-refractivity contribution is 0.104. The van der Waals surface area contributed by atoms with E-state index in [1.165, 1.54) is 6.42 Å². The number of aliphatic hydroxyl groups excluding tert-OH is 1. The molecule has 1 aromatic rings. The normalized spacial score (nSPS) is 27.6. The molecule has 0 radical (unpaired) electrons. The highest BCUT2D eigenvalue weighted by atomic mass is 79.9. The maximum atomic E-state index is 9.84. The molecule has 0 aliphatic heterocycles. The van der Waals surface area contributed by atoms with E-state index >= 15 is 0 Å². The van der Waals surface area contributed by atoms with Gasteiger partial charge in [-0.05, 0) is 40.9 Å². The van der Waals surface area contributed by atoms with Crippen LogP contribution in [0.15, 0.2) is 22.8 Å². The second-order valence-electron chi connectivity index (χ2n) is 3.86. The topological polar surface area (TPSA) is 33.1 Å². The summed E-state index contributed by atoms with van der Waals surface area (Å²) in [6, 6.07) is 3.99. The first-order valence-electron chi connectivity index (χ1n) is 5.07. The van der Waals surface area contributed by atoms with Crippen LogP contribution in [-0.2, 0) is 0 Å². The summed E-state index contributed by atoms with van der Waals surface area (Å²) in [5.74, 6) is 0.247. The van der Waals surface area contributed by atoms with Gasteiger partial charge in [0.25, 0.3) is 0 Å². The van der Waals surface area contributed by atoms with Crippen LogP contribution < -0.4 is 0 Å². The molecule has 1 heterocycles. The van der Waals surface area contributed by atoms with Crippen molar-refractivity contribution in [3.63, 3.8) is 0 Å². The molecule has 2 atom stereocenters. The minimum Gasteiger partial charge on any atom is -0.392 e. The Balaban J connectivity index is 2.16. The first kappa shape index (κ1) is 10.1. The van der Waals surface area contributed by atoms with Crippen molar-refractivity contribution in [2.75, 3.05) is 0 Å². The van der Waals surface area contributed by atoms with Crippen LogP contribution in [0.3, 0.4) is 0 Å². The Morgan fingerprint density at radius 3 is 2.71 bits per heavy atom. The zero-order chi connectivity index (χ0) is 9.97. The Morgan fingerprint density at radius 2 is 2.07 bits per heavy atom. The molecular weight excluding hydrogens is 242 g/mol. The van der Waals surface area contributed by atoms with Crippen LogP contribution in [0.4, 0.5) is 0 Å². The SMILES string of the molecule is O[C@@H]1CCCC[C@@H]1c1ccc(Br)cn1. The third-order valence-corrected chi connectivity index (χ3v) is 3.33. The van der Waals surface area contributed by atoms with Crippen molar-refractivity contribution in [1.82, 2.24) is 4.98 Å². The smallest absolute Gasteiger partial charge is 0.0623 e. The Hall–Kier alpha value is -0.410. The molecule has 0 amide bonds. The second-order valence-corrected chi connectivity index (χ2v) is 4.78.